The summed E-state index contributed by atoms with van der Waals surface area (Å²) in [6, 6.07) is 23.4. The minimum atomic E-state index is -0.556. The van der Waals surface area contributed by atoms with E-state index in [1.807, 2.05) is 66.2 Å². The highest BCUT2D eigenvalue weighted by atomic mass is 35.5. The average Bonchev–Trinajstić information content (AvgIpc) is 3.25. The number of benzene rings is 3. The molecule has 4 rings (SSSR count). The molecule has 1 heterocycles. The highest BCUT2D eigenvalue weighted by Gasteiger charge is 2.23. The van der Waals surface area contributed by atoms with Crippen LogP contribution in [0.15, 0.2) is 91.3 Å². The van der Waals surface area contributed by atoms with Gasteiger partial charge >= 0.3 is 0 Å². The highest BCUT2D eigenvalue weighted by molar-refractivity contribution is 8.00. The predicted octanol–water partition coefficient (Wildman–Crippen LogP) is 5.94. The number of hydrogen-bond donors (Lipinski definition) is 1. The van der Waals surface area contributed by atoms with Crippen molar-refractivity contribution in [3.63, 3.8) is 0 Å². The molecule has 0 aliphatic rings. The van der Waals surface area contributed by atoms with E-state index in [9.17, 15) is 9.18 Å². The fourth-order valence-corrected chi connectivity index (χ4v) is 4.88. The van der Waals surface area contributed by atoms with Gasteiger partial charge in [-0.25, -0.2) is 9.37 Å². The van der Waals surface area contributed by atoms with Crippen molar-refractivity contribution in [3.05, 3.63) is 125 Å². The molecule has 168 valence electrons. The summed E-state index contributed by atoms with van der Waals surface area (Å²) in [5.41, 5.74) is 2.80. The lowest BCUT2D eigenvalue weighted by molar-refractivity contribution is -0.119. The zero-order chi connectivity index (χ0) is 23.2. The molecule has 3 aromatic carbocycles. The van der Waals surface area contributed by atoms with Crippen molar-refractivity contribution in [1.29, 1.82) is 0 Å². The SMILES string of the molecule is Cn1ccnc1C(NC(=O)CSC(c1ccccc1)c1ccc(Cl)cc1)c1cccc(F)c1. The van der Waals surface area contributed by atoms with Crippen molar-refractivity contribution in [1.82, 2.24) is 14.9 Å². The predicted molar refractivity (Wildman–Crippen MR) is 132 cm³/mol. The number of thioether (sulfide) groups is 1. The molecule has 4 nitrogen and oxygen atoms in total. The minimum absolute atomic E-state index is 0.0324. The van der Waals surface area contributed by atoms with Gasteiger partial charge in [0, 0.05) is 24.5 Å². The standard InChI is InChI=1S/C26H23ClFN3OS/c1-31-15-14-29-26(31)24(20-8-5-9-22(28)16-20)30-23(32)17-33-25(18-6-3-2-4-7-18)19-10-12-21(27)13-11-19/h2-16,24-25H,17H2,1H3,(H,30,32). The molecule has 0 spiro atoms. The Balaban J connectivity index is 1.54. The maximum Gasteiger partial charge on any atom is 0.230 e. The van der Waals surface area contributed by atoms with Crippen molar-refractivity contribution in [2.24, 2.45) is 7.05 Å². The molecule has 0 fully saturated rings. The molecule has 4 aromatic rings. The number of aromatic nitrogens is 2. The number of imidazole rings is 1. The number of rotatable bonds is 8. The number of nitrogens with zero attached hydrogens (tertiary/aromatic N) is 2. The smallest absolute Gasteiger partial charge is 0.230 e. The van der Waals surface area contributed by atoms with E-state index in [0.29, 0.717) is 16.4 Å². The van der Waals surface area contributed by atoms with Crippen molar-refractivity contribution < 1.29 is 9.18 Å². The summed E-state index contributed by atoms with van der Waals surface area (Å²) in [6.45, 7) is 0. The number of amides is 1. The average molecular weight is 480 g/mol. The monoisotopic (exact) mass is 479 g/mol. The number of halogens is 2. The third-order valence-corrected chi connectivity index (χ3v) is 6.82. The maximum absolute atomic E-state index is 13.9. The first-order valence-electron chi connectivity index (χ1n) is 10.5. The Morgan fingerprint density at radius 3 is 2.39 bits per heavy atom. The normalized spacial score (nSPS) is 12.8. The molecule has 0 aliphatic heterocycles. The minimum Gasteiger partial charge on any atom is -0.341 e. The Kier molecular flexibility index (Phi) is 7.47. The van der Waals surface area contributed by atoms with Crippen molar-refractivity contribution in [2.75, 3.05) is 5.75 Å². The first kappa shape index (κ1) is 23.1. The first-order chi connectivity index (χ1) is 16.0. The first-order valence-corrected chi connectivity index (χ1v) is 11.9. The van der Waals surface area contributed by atoms with Gasteiger partial charge in [-0.05, 0) is 41.0 Å². The topological polar surface area (TPSA) is 46.9 Å². The van der Waals surface area contributed by atoms with E-state index in [4.69, 9.17) is 11.6 Å². The van der Waals surface area contributed by atoms with E-state index in [0.717, 1.165) is 11.1 Å². The molecule has 1 N–H and O–H groups in total. The van der Waals surface area contributed by atoms with Crippen LogP contribution in [0.3, 0.4) is 0 Å². The molecule has 2 atom stereocenters. The molecule has 0 radical (unpaired) electrons. The second-order valence-corrected chi connectivity index (χ2v) is 9.14. The van der Waals surface area contributed by atoms with Gasteiger partial charge in [-0.3, -0.25) is 4.79 Å². The van der Waals surface area contributed by atoms with Gasteiger partial charge in [0.25, 0.3) is 0 Å². The number of carbonyl (C=O) groups excluding carboxylic acids is 1. The molecule has 2 unspecified atom stereocenters. The van der Waals surface area contributed by atoms with Crippen LogP contribution >= 0.6 is 23.4 Å². The lowest BCUT2D eigenvalue weighted by Crippen LogP contribution is -2.32. The molecule has 1 aromatic heterocycles. The molecule has 0 saturated heterocycles. The van der Waals surface area contributed by atoms with Crippen LogP contribution in [0, 0.1) is 5.82 Å². The largest absolute Gasteiger partial charge is 0.341 e. The second-order valence-electron chi connectivity index (χ2n) is 7.61. The molecular formula is C26H23ClFN3OS. The lowest BCUT2D eigenvalue weighted by atomic mass is 10.0. The van der Waals surface area contributed by atoms with Crippen LogP contribution in [0.4, 0.5) is 4.39 Å². The number of hydrogen-bond acceptors (Lipinski definition) is 3. The highest BCUT2D eigenvalue weighted by Crippen LogP contribution is 2.36. The van der Waals surface area contributed by atoms with Crippen LogP contribution in [-0.2, 0) is 11.8 Å². The van der Waals surface area contributed by atoms with Crippen LogP contribution < -0.4 is 5.32 Å². The molecule has 33 heavy (non-hydrogen) atoms. The van der Waals surface area contributed by atoms with Gasteiger partial charge in [0.2, 0.25) is 5.91 Å². The fourth-order valence-electron chi connectivity index (χ4n) is 3.65. The van der Waals surface area contributed by atoms with Gasteiger partial charge in [-0.1, -0.05) is 66.2 Å². The Morgan fingerprint density at radius 1 is 1.03 bits per heavy atom. The van der Waals surface area contributed by atoms with Gasteiger partial charge < -0.3 is 9.88 Å². The molecular weight excluding hydrogens is 457 g/mol. The Bertz CT molecular complexity index is 1210. The van der Waals surface area contributed by atoms with E-state index < -0.39 is 6.04 Å². The summed E-state index contributed by atoms with van der Waals surface area (Å²) in [5.74, 6) is 0.337. The van der Waals surface area contributed by atoms with Gasteiger partial charge in [0.05, 0.1) is 11.0 Å². The molecule has 0 aliphatic carbocycles. The van der Waals surface area contributed by atoms with E-state index in [2.05, 4.69) is 10.3 Å². The van der Waals surface area contributed by atoms with Crippen molar-refractivity contribution in [2.45, 2.75) is 11.3 Å². The third-order valence-electron chi connectivity index (χ3n) is 5.26. The van der Waals surface area contributed by atoms with Crippen LogP contribution in [0.1, 0.15) is 33.8 Å². The number of nitrogens with one attached hydrogen (secondary N) is 1. The van der Waals surface area contributed by atoms with E-state index in [-0.39, 0.29) is 22.7 Å². The Labute approximate surface area is 201 Å². The summed E-state index contributed by atoms with van der Waals surface area (Å²) in [5, 5.41) is 3.68. The third kappa shape index (κ3) is 5.83. The van der Waals surface area contributed by atoms with Gasteiger partial charge in [0.1, 0.15) is 17.7 Å². The fraction of sp³-hybridized carbons (Fsp3) is 0.154. The summed E-state index contributed by atoms with van der Waals surface area (Å²) in [6.07, 6.45) is 3.46. The second kappa shape index (κ2) is 10.7. The summed E-state index contributed by atoms with van der Waals surface area (Å²) >= 11 is 7.60. The summed E-state index contributed by atoms with van der Waals surface area (Å²) in [4.78, 5) is 17.4. The maximum atomic E-state index is 13.9. The summed E-state index contributed by atoms with van der Waals surface area (Å²) in [7, 11) is 1.85. The lowest BCUT2D eigenvalue weighted by Gasteiger charge is -2.21. The molecule has 0 bridgehead atoms. The van der Waals surface area contributed by atoms with Gasteiger partial charge in [-0.2, -0.15) is 0 Å². The van der Waals surface area contributed by atoms with Crippen LogP contribution in [0.5, 0.6) is 0 Å². The van der Waals surface area contributed by atoms with Crippen molar-refractivity contribution >= 4 is 29.3 Å². The summed E-state index contributed by atoms with van der Waals surface area (Å²) < 4.78 is 15.7. The quantitative estimate of drug-likeness (QED) is 0.340. The number of carbonyl (C=O) groups is 1. The van der Waals surface area contributed by atoms with Crippen LogP contribution in [0.2, 0.25) is 5.02 Å². The molecule has 0 saturated carbocycles. The van der Waals surface area contributed by atoms with Gasteiger partial charge in [-0.15, -0.1) is 11.8 Å². The van der Waals surface area contributed by atoms with Crippen molar-refractivity contribution in [3.8, 4) is 0 Å². The Morgan fingerprint density at radius 2 is 1.73 bits per heavy atom. The Hall–Kier alpha value is -3.09. The van der Waals surface area contributed by atoms with Crippen LogP contribution in [0.25, 0.3) is 0 Å². The number of aryl methyl sites for hydroxylation is 1. The molecule has 1 amide bonds. The zero-order valence-corrected chi connectivity index (χ0v) is 19.6. The zero-order valence-electron chi connectivity index (χ0n) is 18.0. The van der Waals surface area contributed by atoms with Crippen LogP contribution in [-0.4, -0.2) is 21.2 Å². The van der Waals surface area contributed by atoms with E-state index >= 15 is 0 Å². The molecule has 7 heteroatoms. The van der Waals surface area contributed by atoms with Gasteiger partial charge in [0.15, 0.2) is 0 Å². The van der Waals surface area contributed by atoms with E-state index in [1.54, 1.807) is 24.5 Å². The van der Waals surface area contributed by atoms with E-state index in [1.165, 1.54) is 23.9 Å².